The number of hydrogen-bond acceptors (Lipinski definition) is 5. The Morgan fingerprint density at radius 1 is 1.13 bits per heavy atom. The molecule has 1 saturated heterocycles. The predicted octanol–water partition coefficient (Wildman–Crippen LogP) is 4.95. The van der Waals surface area contributed by atoms with Crippen molar-refractivity contribution in [3.05, 3.63) is 94.4 Å². The lowest BCUT2D eigenvalue weighted by atomic mass is 9.99. The van der Waals surface area contributed by atoms with Crippen molar-refractivity contribution < 1.29 is 23.8 Å². The Kier molecular flexibility index (Phi) is 5.82. The first kappa shape index (κ1) is 20.8. The number of halogens is 1. The quantitative estimate of drug-likeness (QED) is 0.335. The average molecular weight is 438 g/mol. The highest BCUT2D eigenvalue weighted by Crippen LogP contribution is 2.40. The zero-order chi connectivity index (χ0) is 22.0. The minimum Gasteiger partial charge on any atom is -0.507 e. The van der Waals surface area contributed by atoms with E-state index in [1.807, 2.05) is 31.2 Å². The largest absolute Gasteiger partial charge is 0.507 e. The van der Waals surface area contributed by atoms with E-state index in [-0.39, 0.29) is 17.9 Å². The molecule has 0 aliphatic carbocycles. The van der Waals surface area contributed by atoms with Crippen LogP contribution >= 0.6 is 11.6 Å². The van der Waals surface area contributed by atoms with Crippen molar-refractivity contribution in [3.8, 4) is 5.75 Å². The molecule has 1 amide bonds. The van der Waals surface area contributed by atoms with Crippen molar-refractivity contribution >= 4 is 29.1 Å². The molecule has 2 aromatic carbocycles. The van der Waals surface area contributed by atoms with E-state index in [9.17, 15) is 14.7 Å². The average Bonchev–Trinajstić information content (AvgIpc) is 3.37. The van der Waals surface area contributed by atoms with Crippen LogP contribution in [-0.2, 0) is 16.1 Å². The molecule has 2 heterocycles. The van der Waals surface area contributed by atoms with Crippen molar-refractivity contribution in [1.82, 2.24) is 4.90 Å². The van der Waals surface area contributed by atoms with E-state index in [4.69, 9.17) is 20.8 Å². The highest BCUT2D eigenvalue weighted by Gasteiger charge is 2.47. The normalized spacial score (nSPS) is 17.9. The van der Waals surface area contributed by atoms with Gasteiger partial charge in [0, 0.05) is 17.1 Å². The molecule has 0 bridgehead atoms. The zero-order valence-electron chi connectivity index (χ0n) is 16.7. The first-order chi connectivity index (χ1) is 15.0. The van der Waals surface area contributed by atoms with Crippen molar-refractivity contribution in [2.24, 2.45) is 0 Å². The fourth-order valence-electron chi connectivity index (χ4n) is 3.63. The minimum atomic E-state index is -0.861. The molecule has 31 heavy (non-hydrogen) atoms. The molecule has 0 saturated carbocycles. The summed E-state index contributed by atoms with van der Waals surface area (Å²) in [6, 6.07) is 16.3. The van der Waals surface area contributed by atoms with Crippen LogP contribution in [0.3, 0.4) is 0 Å². The topological polar surface area (TPSA) is 80.0 Å². The molecular weight excluding hydrogens is 418 g/mol. The van der Waals surface area contributed by atoms with Crippen molar-refractivity contribution in [2.75, 3.05) is 6.61 Å². The number of aliphatic hydroxyl groups is 1. The van der Waals surface area contributed by atoms with Crippen LogP contribution in [0.25, 0.3) is 5.76 Å². The number of rotatable bonds is 6. The first-order valence-corrected chi connectivity index (χ1v) is 10.2. The lowest BCUT2D eigenvalue weighted by Gasteiger charge is -2.23. The Labute approximate surface area is 184 Å². The van der Waals surface area contributed by atoms with Gasteiger partial charge in [0.05, 0.1) is 18.4 Å². The van der Waals surface area contributed by atoms with Crippen molar-refractivity contribution in [2.45, 2.75) is 19.5 Å². The number of ketones is 1. The number of aliphatic hydroxyl groups excluding tert-OH is 1. The van der Waals surface area contributed by atoms with E-state index in [1.54, 1.807) is 30.3 Å². The minimum absolute atomic E-state index is 0.0341. The van der Waals surface area contributed by atoms with Crippen LogP contribution in [0.2, 0.25) is 5.02 Å². The maximum atomic E-state index is 12.9. The van der Waals surface area contributed by atoms with E-state index < -0.39 is 17.7 Å². The van der Waals surface area contributed by atoms with Crippen LogP contribution in [0.4, 0.5) is 0 Å². The van der Waals surface area contributed by atoms with Crippen LogP contribution in [0.5, 0.6) is 5.75 Å². The van der Waals surface area contributed by atoms with Gasteiger partial charge in [-0.2, -0.15) is 0 Å². The summed E-state index contributed by atoms with van der Waals surface area (Å²) in [5.41, 5.74) is 1.13. The fourth-order valence-corrected chi connectivity index (χ4v) is 3.82. The molecule has 1 aliphatic heterocycles. The summed E-state index contributed by atoms with van der Waals surface area (Å²) in [5.74, 6) is -0.675. The Morgan fingerprint density at radius 3 is 2.55 bits per heavy atom. The van der Waals surface area contributed by atoms with E-state index in [1.165, 1.54) is 17.2 Å². The molecule has 6 nitrogen and oxygen atoms in total. The predicted molar refractivity (Wildman–Crippen MR) is 116 cm³/mol. The number of Topliss-reactive ketones (excluding diaryl/α,β-unsaturated/α-hetero) is 1. The molecule has 1 N–H and O–H groups in total. The molecule has 0 radical (unpaired) electrons. The van der Waals surface area contributed by atoms with Crippen LogP contribution in [0.15, 0.2) is 76.9 Å². The number of hydrogen-bond donors (Lipinski definition) is 1. The molecule has 158 valence electrons. The summed E-state index contributed by atoms with van der Waals surface area (Å²) < 4.78 is 11.0. The van der Waals surface area contributed by atoms with Crippen molar-refractivity contribution in [3.63, 3.8) is 0 Å². The summed E-state index contributed by atoms with van der Waals surface area (Å²) in [5, 5.41) is 11.3. The summed E-state index contributed by atoms with van der Waals surface area (Å²) in [4.78, 5) is 27.3. The van der Waals surface area contributed by atoms with E-state index in [0.29, 0.717) is 23.0 Å². The number of amides is 1. The molecule has 1 aliphatic rings. The molecule has 1 unspecified atom stereocenters. The molecule has 1 aromatic heterocycles. The van der Waals surface area contributed by atoms with Gasteiger partial charge in [0.1, 0.15) is 23.3 Å². The number of nitrogens with zero attached hydrogens (tertiary/aromatic N) is 1. The number of likely N-dealkylation sites (tertiary alicyclic amines) is 1. The van der Waals surface area contributed by atoms with Gasteiger partial charge < -0.3 is 19.2 Å². The van der Waals surface area contributed by atoms with E-state index in [2.05, 4.69) is 0 Å². The summed E-state index contributed by atoms with van der Waals surface area (Å²) >= 11 is 6.04. The fraction of sp³-hybridized carbons (Fsp3) is 0.167. The number of ether oxygens (including phenoxy) is 1. The molecule has 4 rings (SSSR count). The number of benzene rings is 2. The van der Waals surface area contributed by atoms with Gasteiger partial charge in [0.15, 0.2) is 0 Å². The van der Waals surface area contributed by atoms with E-state index >= 15 is 0 Å². The molecule has 0 spiro atoms. The highest BCUT2D eigenvalue weighted by atomic mass is 35.5. The van der Waals surface area contributed by atoms with E-state index in [0.717, 1.165) is 11.3 Å². The third kappa shape index (κ3) is 4.07. The lowest BCUT2D eigenvalue weighted by molar-refractivity contribution is -0.140. The molecule has 7 heteroatoms. The van der Waals surface area contributed by atoms with Crippen LogP contribution in [0, 0.1) is 0 Å². The molecule has 1 fully saturated rings. The third-order valence-electron chi connectivity index (χ3n) is 5.04. The van der Waals surface area contributed by atoms with Crippen LogP contribution in [-0.4, -0.2) is 28.3 Å². The first-order valence-electron chi connectivity index (χ1n) is 9.79. The lowest BCUT2D eigenvalue weighted by Crippen LogP contribution is -2.29. The van der Waals surface area contributed by atoms with Crippen LogP contribution in [0.1, 0.15) is 29.9 Å². The Balaban J connectivity index is 1.76. The zero-order valence-corrected chi connectivity index (χ0v) is 17.5. The Morgan fingerprint density at radius 2 is 1.90 bits per heavy atom. The summed E-state index contributed by atoms with van der Waals surface area (Å²) in [6.45, 7) is 2.61. The standard InChI is InChI=1S/C24H20ClNO5/c1-2-30-18-10-8-15(9-11-18)14-26-21(19-7-4-12-31-19)20(23(28)24(26)29)22(27)16-5-3-6-17(25)13-16/h3-13,21,27H,2,14H2,1H3/b22-20-. The summed E-state index contributed by atoms with van der Waals surface area (Å²) in [6.07, 6.45) is 1.46. The van der Waals surface area contributed by atoms with Gasteiger partial charge in [0.2, 0.25) is 0 Å². The van der Waals surface area contributed by atoms with Gasteiger partial charge in [-0.05, 0) is 48.9 Å². The highest BCUT2D eigenvalue weighted by molar-refractivity contribution is 6.46. The smallest absolute Gasteiger partial charge is 0.296 e. The number of carbonyl (C=O) groups is 2. The second-order valence-corrected chi connectivity index (χ2v) is 7.47. The van der Waals surface area contributed by atoms with Gasteiger partial charge in [0.25, 0.3) is 11.7 Å². The van der Waals surface area contributed by atoms with Crippen LogP contribution < -0.4 is 4.74 Å². The van der Waals surface area contributed by atoms with Crippen molar-refractivity contribution in [1.29, 1.82) is 0 Å². The van der Waals surface area contributed by atoms with Gasteiger partial charge in [-0.3, -0.25) is 9.59 Å². The maximum absolute atomic E-state index is 12.9. The Bertz CT molecular complexity index is 1140. The second kappa shape index (κ2) is 8.70. The van der Waals surface area contributed by atoms with Gasteiger partial charge in [-0.1, -0.05) is 35.9 Å². The maximum Gasteiger partial charge on any atom is 0.296 e. The number of furan rings is 1. The van der Waals surface area contributed by atoms with Gasteiger partial charge in [-0.25, -0.2) is 0 Å². The third-order valence-corrected chi connectivity index (χ3v) is 5.27. The summed E-state index contributed by atoms with van der Waals surface area (Å²) in [7, 11) is 0. The van der Waals surface area contributed by atoms with Gasteiger partial charge >= 0.3 is 0 Å². The monoisotopic (exact) mass is 437 g/mol. The number of carbonyl (C=O) groups excluding carboxylic acids is 2. The Hall–Kier alpha value is -3.51. The molecule has 3 aromatic rings. The van der Waals surface area contributed by atoms with Gasteiger partial charge in [-0.15, -0.1) is 0 Å². The SMILES string of the molecule is CCOc1ccc(CN2C(=O)C(=O)/C(=C(\O)c3cccc(Cl)c3)C2c2ccco2)cc1. The second-order valence-electron chi connectivity index (χ2n) is 7.03. The molecule has 1 atom stereocenters. The molecular formula is C24H20ClNO5.